The third-order valence-electron chi connectivity index (χ3n) is 6.38. The summed E-state index contributed by atoms with van der Waals surface area (Å²) in [4.78, 5) is 0.240. The summed E-state index contributed by atoms with van der Waals surface area (Å²) in [6.07, 6.45) is 0. The smallest absolute Gasteiger partial charge is 0.353 e. The van der Waals surface area contributed by atoms with Crippen LogP contribution in [0, 0.1) is 0 Å². The highest BCUT2D eigenvalue weighted by Crippen LogP contribution is 2.51. The van der Waals surface area contributed by atoms with Crippen molar-refractivity contribution in [2.45, 2.75) is 63.8 Å². The third kappa shape index (κ3) is 4.90. The molecule has 0 bridgehead atoms. The largest absolute Gasteiger partial charge is 0.457 e. The maximum Gasteiger partial charge on any atom is 0.353 e. The molecule has 9 heteroatoms. The molecule has 1 atom stereocenters. The molecule has 0 amide bonds. The predicted octanol–water partition coefficient (Wildman–Crippen LogP) is 3.96. The predicted molar refractivity (Wildman–Crippen MR) is 132 cm³/mol. The normalized spacial score (nSPS) is 18.4. The summed E-state index contributed by atoms with van der Waals surface area (Å²) in [6.45, 7) is 13.0. The van der Waals surface area contributed by atoms with E-state index in [0.29, 0.717) is 33.0 Å². The fourth-order valence-electron chi connectivity index (χ4n) is 3.68. The summed E-state index contributed by atoms with van der Waals surface area (Å²) in [5, 5.41) is 10.0. The van der Waals surface area contributed by atoms with E-state index in [1.165, 1.54) is 4.31 Å². The first-order valence-corrected chi connectivity index (χ1v) is 13.4. The first-order chi connectivity index (χ1) is 14.9. The van der Waals surface area contributed by atoms with Crippen LogP contribution in [-0.4, -0.2) is 48.3 Å². The van der Waals surface area contributed by atoms with Gasteiger partial charge in [-0.05, 0) is 61.3 Å². The second-order valence-corrected chi connectivity index (χ2v) is 13.0. The Morgan fingerprint density at radius 2 is 1.62 bits per heavy atom. The van der Waals surface area contributed by atoms with E-state index in [1.807, 2.05) is 32.0 Å². The molecule has 2 aromatic carbocycles. The average Bonchev–Trinajstić information content (AvgIpc) is 2.96. The average molecular weight is 477 g/mol. The molecule has 1 fully saturated rings. The fourth-order valence-corrected chi connectivity index (χ4v) is 6.99. The Kier molecular flexibility index (Phi) is 7.43. The summed E-state index contributed by atoms with van der Waals surface area (Å²) in [5.41, 5.74) is 1.51. The summed E-state index contributed by atoms with van der Waals surface area (Å²) in [5.74, 6) is 1.11. The van der Waals surface area contributed by atoms with Gasteiger partial charge in [0, 0.05) is 18.2 Å². The molecule has 1 heterocycles. The first kappa shape index (κ1) is 25.2. The number of hydrogen-bond acceptors (Lipinski definition) is 5. The van der Waals surface area contributed by atoms with Gasteiger partial charge in [0.1, 0.15) is 11.5 Å². The van der Waals surface area contributed by atoms with Gasteiger partial charge in [-0.15, -0.1) is 8.46 Å². The van der Waals surface area contributed by atoms with Crippen molar-refractivity contribution >= 4 is 30.6 Å². The van der Waals surface area contributed by atoms with Crippen LogP contribution in [0.25, 0.3) is 0 Å². The quantitative estimate of drug-likeness (QED) is 0.460. The van der Waals surface area contributed by atoms with Crippen LogP contribution in [-0.2, 0) is 21.3 Å². The number of sulfonamides is 1. The van der Waals surface area contributed by atoms with Crippen molar-refractivity contribution in [3.63, 3.8) is 0 Å². The van der Waals surface area contributed by atoms with Gasteiger partial charge in [0.05, 0.1) is 17.1 Å². The van der Waals surface area contributed by atoms with Crippen molar-refractivity contribution in [1.82, 2.24) is 4.31 Å². The minimum atomic E-state index is -3.50. The molecule has 1 unspecified atom stereocenters. The van der Waals surface area contributed by atoms with Crippen LogP contribution in [0.3, 0.4) is 0 Å². The molecular weight excluding hydrogens is 444 g/mol. The van der Waals surface area contributed by atoms with E-state index in [9.17, 15) is 13.5 Å². The van der Waals surface area contributed by atoms with Crippen LogP contribution in [0.4, 0.5) is 0 Å². The molecule has 6 nitrogen and oxygen atoms in total. The monoisotopic (exact) mass is 477 g/mol. The molecule has 0 saturated carbocycles. The van der Waals surface area contributed by atoms with E-state index in [4.69, 9.17) is 9.39 Å². The van der Waals surface area contributed by atoms with Gasteiger partial charge >= 0.3 is 6.64 Å². The molecule has 0 radical (unpaired) electrons. The van der Waals surface area contributed by atoms with E-state index in [2.05, 4.69) is 27.7 Å². The summed E-state index contributed by atoms with van der Waals surface area (Å²) >= 11 is 0. The Morgan fingerprint density at radius 3 is 2.12 bits per heavy atom. The van der Waals surface area contributed by atoms with Crippen LogP contribution in [0.1, 0.15) is 47.1 Å². The zero-order chi connectivity index (χ0) is 23.7. The molecule has 3 rings (SSSR count). The lowest BCUT2D eigenvalue weighted by atomic mass is 9.80. The van der Waals surface area contributed by atoms with Crippen molar-refractivity contribution in [2.24, 2.45) is 0 Å². The minimum Gasteiger partial charge on any atom is -0.457 e. The number of nitrogens with zero attached hydrogens (tertiary/aromatic N) is 1. The standard InChI is InChI=1S/C23H33BNO5PS/c1-7-25(8-2)32(27,28)20-12-9-18(10-13-20)29-19-11-14-21(17(15-19)16-26)24-30-22(3,4)23(5,6)31-24/h9-15,26,31H,7-8,16H2,1-6H3. The lowest BCUT2D eigenvalue weighted by Crippen LogP contribution is -2.40. The SMILES string of the molecule is CCN(CC)S(=O)(=O)c1ccc(Oc2ccc(B3OC(C)(C)C(C)(C)P3)c(CO)c2)cc1. The number of benzene rings is 2. The van der Waals surface area contributed by atoms with Crippen molar-refractivity contribution in [1.29, 1.82) is 0 Å². The molecule has 1 saturated heterocycles. The van der Waals surface area contributed by atoms with Gasteiger partial charge in [-0.25, -0.2) is 8.42 Å². The number of rotatable bonds is 8. The maximum absolute atomic E-state index is 12.6. The van der Waals surface area contributed by atoms with Crippen molar-refractivity contribution in [3.8, 4) is 11.5 Å². The van der Waals surface area contributed by atoms with Gasteiger partial charge < -0.3 is 14.5 Å². The Balaban J connectivity index is 1.79. The molecular formula is C23H33BNO5PS. The summed E-state index contributed by atoms with van der Waals surface area (Å²) < 4.78 is 39.0. The van der Waals surface area contributed by atoms with Crippen molar-refractivity contribution < 1.29 is 22.9 Å². The van der Waals surface area contributed by atoms with Crippen LogP contribution in [0.15, 0.2) is 47.4 Å². The highest BCUT2D eigenvalue weighted by atomic mass is 32.2. The Bertz CT molecular complexity index is 1040. The Morgan fingerprint density at radius 1 is 1.03 bits per heavy atom. The lowest BCUT2D eigenvalue weighted by Gasteiger charge is -2.33. The highest BCUT2D eigenvalue weighted by molar-refractivity contribution is 7.89. The first-order valence-electron chi connectivity index (χ1n) is 10.9. The van der Waals surface area contributed by atoms with Crippen molar-refractivity contribution in [3.05, 3.63) is 48.0 Å². The third-order valence-corrected chi connectivity index (χ3v) is 10.5. The molecule has 1 aliphatic heterocycles. The topological polar surface area (TPSA) is 76.1 Å². The minimum absolute atomic E-state index is 0.0484. The van der Waals surface area contributed by atoms with Gasteiger partial charge in [-0.1, -0.05) is 33.8 Å². The lowest BCUT2D eigenvalue weighted by molar-refractivity contribution is 0.0932. The number of aliphatic hydroxyl groups excluding tert-OH is 1. The zero-order valence-electron chi connectivity index (χ0n) is 19.7. The molecule has 2 aromatic rings. The van der Waals surface area contributed by atoms with E-state index >= 15 is 0 Å². The zero-order valence-corrected chi connectivity index (χ0v) is 21.5. The van der Waals surface area contributed by atoms with Crippen LogP contribution >= 0.6 is 8.46 Å². The summed E-state index contributed by atoms with van der Waals surface area (Å²) in [6, 6.07) is 12.0. The molecule has 1 aliphatic rings. The second-order valence-electron chi connectivity index (χ2n) is 8.96. The Hall–Kier alpha value is -1.44. The van der Waals surface area contributed by atoms with Crippen LogP contribution in [0.5, 0.6) is 11.5 Å². The molecule has 0 aromatic heterocycles. The van der Waals surface area contributed by atoms with E-state index in [-0.39, 0.29) is 28.9 Å². The molecule has 0 spiro atoms. The Labute approximate surface area is 194 Å². The fraction of sp³-hybridized carbons (Fsp3) is 0.478. The second kappa shape index (κ2) is 9.44. The number of aliphatic hydroxyl groups is 1. The van der Waals surface area contributed by atoms with Crippen molar-refractivity contribution in [2.75, 3.05) is 13.1 Å². The maximum atomic E-state index is 12.6. The molecule has 174 valence electrons. The van der Waals surface area contributed by atoms with E-state index in [0.717, 1.165) is 11.0 Å². The van der Waals surface area contributed by atoms with Gasteiger partial charge in [-0.3, -0.25) is 0 Å². The van der Waals surface area contributed by atoms with Gasteiger partial charge in [0.25, 0.3) is 0 Å². The van der Waals surface area contributed by atoms with Gasteiger partial charge in [0.15, 0.2) is 0 Å². The van der Waals surface area contributed by atoms with E-state index < -0.39 is 10.0 Å². The van der Waals surface area contributed by atoms with E-state index in [1.54, 1.807) is 24.3 Å². The van der Waals surface area contributed by atoms with Crippen LogP contribution in [0.2, 0.25) is 0 Å². The summed E-state index contributed by atoms with van der Waals surface area (Å²) in [7, 11) is -2.92. The van der Waals surface area contributed by atoms with Gasteiger partial charge in [-0.2, -0.15) is 4.31 Å². The van der Waals surface area contributed by atoms with Crippen LogP contribution < -0.4 is 10.2 Å². The molecule has 0 aliphatic carbocycles. The highest BCUT2D eigenvalue weighted by Gasteiger charge is 2.50. The molecule has 1 N–H and O–H groups in total. The number of hydrogen-bond donors (Lipinski definition) is 1. The van der Waals surface area contributed by atoms with Gasteiger partial charge in [0.2, 0.25) is 10.0 Å². The molecule has 32 heavy (non-hydrogen) atoms. The number of ether oxygens (including phenoxy) is 1.